The van der Waals surface area contributed by atoms with Crippen LogP contribution >= 0.6 is 0 Å². The lowest BCUT2D eigenvalue weighted by Gasteiger charge is -2.33. The van der Waals surface area contributed by atoms with E-state index in [-0.39, 0.29) is 18.5 Å². The molecule has 190 valence electrons. The number of carbonyl (C=O) groups excluding carboxylic acids is 2. The summed E-state index contributed by atoms with van der Waals surface area (Å²) in [6.07, 6.45) is 2.84. The molecule has 0 radical (unpaired) electrons. The number of anilines is 1. The fraction of sp³-hybridized carbons (Fsp3) is 0.370. The van der Waals surface area contributed by atoms with Crippen molar-refractivity contribution >= 4 is 28.5 Å². The minimum absolute atomic E-state index is 0.171. The zero-order valence-corrected chi connectivity index (χ0v) is 20.6. The summed E-state index contributed by atoms with van der Waals surface area (Å²) in [5, 5.41) is 18.0. The Kier molecular flexibility index (Phi) is 8.48. The predicted octanol–water partition coefficient (Wildman–Crippen LogP) is 2.76. The fourth-order valence-corrected chi connectivity index (χ4v) is 4.51. The summed E-state index contributed by atoms with van der Waals surface area (Å²) in [6, 6.07) is 14.4. The van der Waals surface area contributed by atoms with Crippen LogP contribution in [-0.2, 0) is 9.53 Å². The topological polar surface area (TPSA) is 113 Å². The van der Waals surface area contributed by atoms with E-state index in [0.717, 1.165) is 48.1 Å². The van der Waals surface area contributed by atoms with Gasteiger partial charge in [-0.05, 0) is 74.0 Å². The zero-order chi connectivity index (χ0) is 25.5. The van der Waals surface area contributed by atoms with Crippen LogP contribution in [0.1, 0.15) is 34.9 Å². The molecule has 1 aliphatic heterocycles. The van der Waals surface area contributed by atoms with E-state index in [4.69, 9.17) is 9.47 Å². The number of β-amino-alcohol motifs (C(OH)–C–C–N with tert-alkyl or cyclic N) is 1. The van der Waals surface area contributed by atoms with Crippen LogP contribution in [0.15, 0.2) is 54.7 Å². The van der Waals surface area contributed by atoms with Gasteiger partial charge in [0.25, 0.3) is 0 Å². The second-order valence-corrected chi connectivity index (χ2v) is 8.88. The van der Waals surface area contributed by atoms with Crippen molar-refractivity contribution in [1.82, 2.24) is 15.2 Å². The lowest BCUT2D eigenvalue weighted by molar-refractivity contribution is -0.115. The lowest BCUT2D eigenvalue weighted by Crippen LogP contribution is -2.45. The number of likely N-dealkylation sites (tertiary alicyclic amines) is 1. The number of piperidine rings is 1. The van der Waals surface area contributed by atoms with E-state index in [1.54, 1.807) is 37.6 Å². The van der Waals surface area contributed by atoms with Gasteiger partial charge in [-0.15, -0.1) is 0 Å². The maximum Gasteiger partial charge on any atom is 0.337 e. The van der Waals surface area contributed by atoms with Gasteiger partial charge in [-0.3, -0.25) is 9.78 Å². The molecule has 0 aliphatic carbocycles. The maximum absolute atomic E-state index is 12.4. The van der Waals surface area contributed by atoms with E-state index in [1.165, 1.54) is 7.11 Å². The number of nitrogens with one attached hydrogen (secondary N) is 2. The fourth-order valence-electron chi connectivity index (χ4n) is 4.51. The summed E-state index contributed by atoms with van der Waals surface area (Å²) in [5.74, 6) is 0.115. The number of pyridine rings is 1. The molecule has 1 atom stereocenters. The number of amides is 1. The molecule has 36 heavy (non-hydrogen) atoms. The highest BCUT2D eigenvalue weighted by atomic mass is 16.5. The number of aliphatic hydroxyl groups is 1. The summed E-state index contributed by atoms with van der Waals surface area (Å²) >= 11 is 0. The minimum Gasteiger partial charge on any atom is -0.497 e. The second-order valence-electron chi connectivity index (χ2n) is 8.88. The summed E-state index contributed by atoms with van der Waals surface area (Å²) in [4.78, 5) is 30.7. The Hall–Kier alpha value is -3.53. The van der Waals surface area contributed by atoms with Gasteiger partial charge in [0, 0.05) is 29.9 Å². The summed E-state index contributed by atoms with van der Waals surface area (Å²) in [7, 11) is 2.94. The van der Waals surface area contributed by atoms with Gasteiger partial charge in [0.05, 0.1) is 37.9 Å². The van der Waals surface area contributed by atoms with Gasteiger partial charge < -0.3 is 30.1 Å². The lowest BCUT2D eigenvalue weighted by atomic mass is 10.0. The number of aliphatic hydroxyl groups excluding tert-OH is 1. The van der Waals surface area contributed by atoms with Crippen LogP contribution in [-0.4, -0.2) is 73.3 Å². The highest BCUT2D eigenvalue weighted by Gasteiger charge is 2.23. The third-order valence-corrected chi connectivity index (χ3v) is 6.48. The average Bonchev–Trinajstić information content (AvgIpc) is 2.91. The number of ether oxygens (including phenoxy) is 2. The van der Waals surface area contributed by atoms with E-state index in [2.05, 4.69) is 20.5 Å². The number of esters is 1. The first-order chi connectivity index (χ1) is 17.5. The smallest absolute Gasteiger partial charge is 0.337 e. The first-order valence-corrected chi connectivity index (χ1v) is 12.0. The number of rotatable bonds is 9. The first-order valence-electron chi connectivity index (χ1n) is 12.0. The molecular formula is C27H32N4O5. The molecule has 1 amide bonds. The predicted molar refractivity (Wildman–Crippen MR) is 137 cm³/mol. The number of aromatic nitrogens is 1. The zero-order valence-electron chi connectivity index (χ0n) is 20.6. The van der Waals surface area contributed by atoms with Crippen LogP contribution in [0.5, 0.6) is 5.75 Å². The van der Waals surface area contributed by atoms with Crippen molar-refractivity contribution in [3.05, 3.63) is 65.9 Å². The Morgan fingerprint density at radius 3 is 2.69 bits per heavy atom. The highest BCUT2D eigenvalue weighted by Crippen LogP contribution is 2.27. The number of nitrogens with zero attached hydrogens (tertiary/aromatic N) is 2. The van der Waals surface area contributed by atoms with Crippen LogP contribution in [0.2, 0.25) is 0 Å². The molecule has 0 saturated carbocycles. The van der Waals surface area contributed by atoms with Gasteiger partial charge in [-0.2, -0.15) is 0 Å². The van der Waals surface area contributed by atoms with Crippen LogP contribution in [0, 0.1) is 0 Å². The summed E-state index contributed by atoms with van der Waals surface area (Å²) in [5.41, 5.74) is 2.60. The molecule has 1 aromatic heterocycles. The molecule has 3 N–H and O–H groups in total. The number of hydrogen-bond acceptors (Lipinski definition) is 8. The molecule has 0 spiro atoms. The largest absolute Gasteiger partial charge is 0.497 e. The van der Waals surface area contributed by atoms with Crippen molar-refractivity contribution in [3.8, 4) is 5.75 Å². The van der Waals surface area contributed by atoms with Crippen molar-refractivity contribution < 1.29 is 24.2 Å². The Morgan fingerprint density at radius 1 is 1.14 bits per heavy atom. The highest BCUT2D eigenvalue weighted by molar-refractivity contribution is 5.95. The molecule has 1 unspecified atom stereocenters. The SMILES string of the molecule is COC(=O)c1cccc(NC(=O)CNC2CCN(CC(O)c3ccnc4ccc(OC)cc34)CC2)c1. The molecule has 0 bridgehead atoms. The van der Waals surface area contributed by atoms with Gasteiger partial charge >= 0.3 is 5.97 Å². The van der Waals surface area contributed by atoms with Gasteiger partial charge in [-0.25, -0.2) is 4.79 Å². The molecule has 9 nitrogen and oxygen atoms in total. The van der Waals surface area contributed by atoms with Crippen molar-refractivity contribution in [3.63, 3.8) is 0 Å². The molecule has 4 rings (SSSR count). The normalized spacial score (nSPS) is 15.4. The molecule has 2 heterocycles. The summed E-state index contributed by atoms with van der Waals surface area (Å²) < 4.78 is 10.1. The van der Waals surface area contributed by atoms with Crippen molar-refractivity contribution in [2.45, 2.75) is 25.0 Å². The van der Waals surface area contributed by atoms with E-state index in [0.29, 0.717) is 17.8 Å². The maximum atomic E-state index is 12.4. The van der Waals surface area contributed by atoms with Crippen LogP contribution < -0.4 is 15.4 Å². The van der Waals surface area contributed by atoms with Gasteiger partial charge in [0.15, 0.2) is 0 Å². The third kappa shape index (κ3) is 6.37. The Morgan fingerprint density at radius 2 is 1.94 bits per heavy atom. The van der Waals surface area contributed by atoms with Crippen molar-refractivity contribution in [2.24, 2.45) is 0 Å². The Labute approximate surface area is 210 Å². The molecule has 1 fully saturated rings. The molecule has 9 heteroatoms. The van der Waals surface area contributed by atoms with Gasteiger partial charge in [-0.1, -0.05) is 6.07 Å². The van der Waals surface area contributed by atoms with Gasteiger partial charge in [0.2, 0.25) is 5.91 Å². The third-order valence-electron chi connectivity index (χ3n) is 6.48. The van der Waals surface area contributed by atoms with Crippen molar-refractivity contribution in [1.29, 1.82) is 0 Å². The van der Waals surface area contributed by atoms with E-state index < -0.39 is 12.1 Å². The minimum atomic E-state index is -0.640. The number of benzene rings is 2. The number of hydrogen-bond donors (Lipinski definition) is 3. The van der Waals surface area contributed by atoms with Crippen LogP contribution in [0.3, 0.4) is 0 Å². The molecule has 2 aromatic carbocycles. The standard InChI is InChI=1S/C27H32N4O5/c1-35-21-6-7-24-23(15-21)22(8-11-28-24)25(32)17-31-12-9-19(10-13-31)29-16-26(33)30-20-5-3-4-18(14-20)27(34)36-2/h3-8,11,14-15,19,25,29,32H,9-10,12-13,16-17H2,1-2H3,(H,30,33). The average molecular weight is 493 g/mol. The molecular weight excluding hydrogens is 460 g/mol. The number of fused-ring (bicyclic) bond motifs is 1. The van der Waals surface area contributed by atoms with Crippen LogP contribution in [0.25, 0.3) is 10.9 Å². The summed E-state index contributed by atoms with van der Waals surface area (Å²) in [6.45, 7) is 2.36. The van der Waals surface area contributed by atoms with Crippen molar-refractivity contribution in [2.75, 3.05) is 45.7 Å². The second kappa shape index (κ2) is 11.9. The number of methoxy groups -OCH3 is 2. The quantitative estimate of drug-likeness (QED) is 0.391. The first kappa shape index (κ1) is 25.6. The van der Waals surface area contributed by atoms with E-state index >= 15 is 0 Å². The van der Waals surface area contributed by atoms with E-state index in [1.807, 2.05) is 24.3 Å². The Bertz CT molecular complexity index is 1210. The Balaban J connectivity index is 1.24. The number of carbonyl (C=O) groups is 2. The molecule has 3 aromatic rings. The van der Waals surface area contributed by atoms with Crippen LogP contribution in [0.4, 0.5) is 5.69 Å². The monoisotopic (exact) mass is 492 g/mol. The molecule has 1 saturated heterocycles. The molecule has 1 aliphatic rings. The van der Waals surface area contributed by atoms with E-state index in [9.17, 15) is 14.7 Å². The van der Waals surface area contributed by atoms with Gasteiger partial charge in [0.1, 0.15) is 5.75 Å².